The van der Waals surface area contributed by atoms with Gasteiger partial charge in [-0.05, 0) is 67.7 Å². The smallest absolute Gasteiger partial charge is 0.238 e. The normalized spacial score (nSPS) is 11.4. The van der Waals surface area contributed by atoms with E-state index in [0.717, 1.165) is 16.3 Å². The molecule has 0 fully saturated rings. The van der Waals surface area contributed by atoms with Crippen LogP contribution in [-0.2, 0) is 4.79 Å². The zero-order valence-corrected chi connectivity index (χ0v) is 17.9. The van der Waals surface area contributed by atoms with Gasteiger partial charge in [-0.15, -0.1) is 11.8 Å². The van der Waals surface area contributed by atoms with E-state index in [1.54, 1.807) is 12.1 Å². The summed E-state index contributed by atoms with van der Waals surface area (Å²) in [5.41, 5.74) is 1.79. The number of halogens is 1. The lowest BCUT2D eigenvalue weighted by Gasteiger charge is -2.13. The third kappa shape index (κ3) is 6.74. The molecule has 8 heteroatoms. The van der Waals surface area contributed by atoms with Crippen molar-refractivity contribution in [3.63, 3.8) is 0 Å². The van der Waals surface area contributed by atoms with Gasteiger partial charge in [0.2, 0.25) is 5.91 Å². The third-order valence-electron chi connectivity index (χ3n) is 3.80. The molecule has 0 radical (unpaired) electrons. The molecule has 0 saturated carbocycles. The van der Waals surface area contributed by atoms with E-state index in [-0.39, 0.29) is 11.2 Å². The largest absolute Gasteiger partial charge is 0.332 e. The van der Waals surface area contributed by atoms with Gasteiger partial charge in [0.05, 0.1) is 10.3 Å². The van der Waals surface area contributed by atoms with E-state index in [0.29, 0.717) is 16.0 Å². The molecule has 3 aromatic rings. The van der Waals surface area contributed by atoms with Crippen LogP contribution in [0.15, 0.2) is 77.8 Å². The number of carbonyl (C=O) groups excluding carboxylic acids is 1. The van der Waals surface area contributed by atoms with E-state index >= 15 is 0 Å². The number of nitrogens with zero attached hydrogens (tertiary/aromatic N) is 1. The lowest BCUT2D eigenvalue weighted by Crippen LogP contribution is -2.22. The number of hydrogen-bond donors (Lipinski definition) is 3. The number of aromatic nitrogens is 1. The minimum absolute atomic E-state index is 0.125. The standard InChI is InChI=1S/C21H19ClN4OS2/c1-14(20(27)26-19-12-7-15(22)13-23-19)29-18-10-8-17(9-11-18)25-21(28)24-16-5-3-2-4-6-16/h2-14H,1H3,(H,23,26,27)(H2,24,25,28). The number of pyridine rings is 1. The van der Waals surface area contributed by atoms with E-state index in [1.165, 1.54) is 18.0 Å². The molecule has 1 unspecified atom stereocenters. The highest BCUT2D eigenvalue weighted by molar-refractivity contribution is 8.00. The first kappa shape index (κ1) is 21.1. The van der Waals surface area contributed by atoms with Crippen LogP contribution in [-0.4, -0.2) is 21.3 Å². The first-order valence-electron chi connectivity index (χ1n) is 8.82. The Bertz CT molecular complexity index is 966. The van der Waals surface area contributed by atoms with E-state index in [2.05, 4.69) is 20.9 Å². The summed E-state index contributed by atoms with van der Waals surface area (Å²) in [6, 6.07) is 20.8. The molecule has 1 heterocycles. The molecule has 0 spiro atoms. The fraction of sp³-hybridized carbons (Fsp3) is 0.0952. The van der Waals surface area contributed by atoms with Crippen molar-refractivity contribution in [2.24, 2.45) is 0 Å². The SMILES string of the molecule is CC(Sc1ccc(NC(=S)Nc2ccccc2)cc1)C(=O)Nc1ccc(Cl)cn1. The van der Waals surface area contributed by atoms with Crippen LogP contribution in [0.25, 0.3) is 0 Å². The van der Waals surface area contributed by atoms with Crippen molar-refractivity contribution in [1.82, 2.24) is 4.98 Å². The quantitative estimate of drug-likeness (QED) is 0.338. The Balaban J connectivity index is 1.50. The van der Waals surface area contributed by atoms with Crippen LogP contribution in [0.3, 0.4) is 0 Å². The highest BCUT2D eigenvalue weighted by Gasteiger charge is 2.15. The second kappa shape index (κ2) is 10.2. The van der Waals surface area contributed by atoms with Gasteiger partial charge in [-0.2, -0.15) is 0 Å². The van der Waals surface area contributed by atoms with Crippen LogP contribution < -0.4 is 16.0 Å². The third-order valence-corrected chi connectivity index (χ3v) is 5.34. The van der Waals surface area contributed by atoms with Gasteiger partial charge in [-0.3, -0.25) is 4.79 Å². The number of anilines is 3. The first-order valence-corrected chi connectivity index (χ1v) is 10.5. The molecule has 148 valence electrons. The van der Waals surface area contributed by atoms with Crippen molar-refractivity contribution in [1.29, 1.82) is 0 Å². The van der Waals surface area contributed by atoms with E-state index in [1.807, 2.05) is 61.5 Å². The van der Waals surface area contributed by atoms with Gasteiger partial charge >= 0.3 is 0 Å². The lowest BCUT2D eigenvalue weighted by atomic mass is 10.3. The molecule has 3 rings (SSSR count). The first-order chi connectivity index (χ1) is 14.0. The van der Waals surface area contributed by atoms with Crippen molar-refractivity contribution < 1.29 is 4.79 Å². The molecule has 0 aliphatic heterocycles. The Labute approximate surface area is 184 Å². The van der Waals surface area contributed by atoms with Crippen molar-refractivity contribution in [3.05, 3.63) is 77.9 Å². The number of thioether (sulfide) groups is 1. The summed E-state index contributed by atoms with van der Waals surface area (Å²) in [6.07, 6.45) is 1.50. The van der Waals surface area contributed by atoms with E-state index in [9.17, 15) is 4.79 Å². The van der Waals surface area contributed by atoms with Crippen LogP contribution in [0.4, 0.5) is 17.2 Å². The Hall–Kier alpha value is -2.61. The fourth-order valence-electron chi connectivity index (χ4n) is 2.37. The summed E-state index contributed by atoms with van der Waals surface area (Å²) in [4.78, 5) is 17.4. The molecular weight excluding hydrogens is 424 g/mol. The van der Waals surface area contributed by atoms with Gasteiger partial charge in [-0.1, -0.05) is 29.8 Å². The fourth-order valence-corrected chi connectivity index (χ4v) is 3.58. The molecule has 0 aliphatic rings. The maximum Gasteiger partial charge on any atom is 0.238 e. The number of thiocarbonyl (C=S) groups is 1. The lowest BCUT2D eigenvalue weighted by molar-refractivity contribution is -0.115. The van der Waals surface area contributed by atoms with Crippen molar-refractivity contribution in [3.8, 4) is 0 Å². The Morgan fingerprint density at radius 2 is 1.62 bits per heavy atom. The number of hydrogen-bond acceptors (Lipinski definition) is 4. The summed E-state index contributed by atoms with van der Waals surface area (Å²) in [7, 11) is 0. The molecular formula is C21H19ClN4OS2. The molecule has 0 bridgehead atoms. The molecule has 1 atom stereocenters. The predicted octanol–water partition coefficient (Wildman–Crippen LogP) is 5.66. The van der Waals surface area contributed by atoms with Gasteiger partial charge < -0.3 is 16.0 Å². The molecule has 3 N–H and O–H groups in total. The number of rotatable bonds is 6. The molecule has 0 saturated heterocycles. The second-order valence-corrected chi connectivity index (χ2v) is 8.34. The number of benzene rings is 2. The molecule has 2 aromatic carbocycles. The minimum Gasteiger partial charge on any atom is -0.332 e. The zero-order valence-electron chi connectivity index (χ0n) is 15.6. The van der Waals surface area contributed by atoms with Crippen molar-refractivity contribution in [2.75, 3.05) is 16.0 Å². The van der Waals surface area contributed by atoms with Crippen LogP contribution in [0.2, 0.25) is 5.02 Å². The summed E-state index contributed by atoms with van der Waals surface area (Å²) in [6.45, 7) is 1.85. The average Bonchev–Trinajstić information content (AvgIpc) is 2.72. The van der Waals surface area contributed by atoms with Gasteiger partial charge in [0, 0.05) is 22.5 Å². The predicted molar refractivity (Wildman–Crippen MR) is 126 cm³/mol. The minimum atomic E-state index is -0.285. The molecule has 1 amide bonds. The summed E-state index contributed by atoms with van der Waals surface area (Å²) in [5, 5.41) is 9.81. The van der Waals surface area contributed by atoms with Crippen LogP contribution in [0.5, 0.6) is 0 Å². The topological polar surface area (TPSA) is 66.0 Å². The Morgan fingerprint density at radius 3 is 2.24 bits per heavy atom. The molecule has 5 nitrogen and oxygen atoms in total. The summed E-state index contributed by atoms with van der Waals surface area (Å²) < 4.78 is 0. The zero-order chi connectivity index (χ0) is 20.6. The van der Waals surface area contributed by atoms with Crippen LogP contribution in [0.1, 0.15) is 6.92 Å². The van der Waals surface area contributed by atoms with Crippen molar-refractivity contribution >= 4 is 63.8 Å². The number of amides is 1. The number of carbonyl (C=O) groups is 1. The van der Waals surface area contributed by atoms with Crippen LogP contribution in [0, 0.1) is 0 Å². The Kier molecular flexibility index (Phi) is 7.46. The molecule has 1 aromatic heterocycles. The maximum absolute atomic E-state index is 12.3. The highest BCUT2D eigenvalue weighted by atomic mass is 35.5. The van der Waals surface area contributed by atoms with Gasteiger partial charge in [0.25, 0.3) is 0 Å². The number of nitrogens with one attached hydrogen (secondary N) is 3. The monoisotopic (exact) mass is 442 g/mol. The second-order valence-electron chi connectivity index (χ2n) is 6.08. The van der Waals surface area contributed by atoms with Gasteiger partial charge in [0.15, 0.2) is 5.11 Å². The Morgan fingerprint density at radius 1 is 0.966 bits per heavy atom. The molecule has 29 heavy (non-hydrogen) atoms. The summed E-state index contributed by atoms with van der Waals surface area (Å²) in [5.74, 6) is 0.353. The maximum atomic E-state index is 12.3. The average molecular weight is 443 g/mol. The highest BCUT2D eigenvalue weighted by Crippen LogP contribution is 2.25. The van der Waals surface area contributed by atoms with Crippen molar-refractivity contribution in [2.45, 2.75) is 17.1 Å². The van der Waals surface area contributed by atoms with Gasteiger partial charge in [-0.25, -0.2) is 4.98 Å². The van der Waals surface area contributed by atoms with E-state index in [4.69, 9.17) is 23.8 Å². The van der Waals surface area contributed by atoms with Crippen LogP contribution >= 0.6 is 35.6 Å². The van der Waals surface area contributed by atoms with E-state index < -0.39 is 0 Å². The van der Waals surface area contributed by atoms with Gasteiger partial charge in [0.1, 0.15) is 5.82 Å². The molecule has 0 aliphatic carbocycles. The summed E-state index contributed by atoms with van der Waals surface area (Å²) >= 11 is 12.6. The number of para-hydroxylation sites is 1.